The first-order chi connectivity index (χ1) is 18.4. The average Bonchev–Trinajstić information content (AvgIpc) is 3.40. The predicted octanol–water partition coefficient (Wildman–Crippen LogP) is 1.97. The Morgan fingerprint density at radius 2 is 1.95 bits per heavy atom. The molecule has 0 fully saturated rings. The van der Waals surface area contributed by atoms with Crippen molar-refractivity contribution in [1.29, 1.82) is 0 Å². The lowest BCUT2D eigenvalue weighted by molar-refractivity contribution is -0.122. The third kappa shape index (κ3) is 9.06. The van der Waals surface area contributed by atoms with Crippen molar-refractivity contribution in [1.82, 2.24) is 14.9 Å². The molecule has 0 saturated carbocycles. The van der Waals surface area contributed by atoms with Gasteiger partial charge < -0.3 is 21.4 Å². The summed E-state index contributed by atoms with van der Waals surface area (Å²) in [5.41, 5.74) is 10.0. The Morgan fingerprint density at radius 3 is 2.62 bits per heavy atom. The van der Waals surface area contributed by atoms with Crippen LogP contribution in [0.2, 0.25) is 10.0 Å². The maximum Gasteiger partial charge on any atom is 0.275 e. The molecule has 0 aliphatic heterocycles. The van der Waals surface area contributed by atoms with E-state index in [2.05, 4.69) is 20.0 Å². The third-order valence-electron chi connectivity index (χ3n) is 5.18. The number of hydrogen-bond donors (Lipinski definition) is 4. The molecule has 0 radical (unpaired) electrons. The van der Waals surface area contributed by atoms with E-state index in [1.165, 1.54) is 42.7 Å². The van der Waals surface area contributed by atoms with Crippen LogP contribution in [0.3, 0.4) is 0 Å². The van der Waals surface area contributed by atoms with E-state index in [1.54, 1.807) is 5.38 Å². The van der Waals surface area contributed by atoms with Crippen molar-refractivity contribution >= 4 is 67.9 Å². The second-order valence-corrected chi connectivity index (χ2v) is 11.7. The van der Waals surface area contributed by atoms with Crippen LogP contribution in [0.1, 0.15) is 28.2 Å². The summed E-state index contributed by atoms with van der Waals surface area (Å²) in [5, 5.41) is 4.95. The van der Waals surface area contributed by atoms with Crippen molar-refractivity contribution in [2.24, 2.45) is 16.5 Å². The number of nitrogens with one attached hydrogen (secondary N) is 2. The molecule has 39 heavy (non-hydrogen) atoms. The van der Waals surface area contributed by atoms with Crippen LogP contribution >= 0.6 is 34.5 Å². The molecule has 1 amide bonds. The van der Waals surface area contributed by atoms with Gasteiger partial charge in [-0.15, -0.1) is 11.3 Å². The number of benzene rings is 1. The lowest BCUT2D eigenvalue weighted by atomic mass is 10.1. The molecule has 6 N–H and O–H groups in total. The SMILES string of the molecule is NC(N)=NCCC[C@H](NC(=O)Cn1cccc(NS(=O)(=O)Cc2ccc(Cl)c(Cl)c2)c1=O)C(=O)c1nccs1. The van der Waals surface area contributed by atoms with E-state index in [0.717, 1.165) is 15.9 Å². The summed E-state index contributed by atoms with van der Waals surface area (Å²) in [6, 6.07) is 6.15. The molecule has 2 aromatic heterocycles. The first kappa shape index (κ1) is 30.1. The normalized spacial score (nSPS) is 11.9. The summed E-state index contributed by atoms with van der Waals surface area (Å²) >= 11 is 13.0. The van der Waals surface area contributed by atoms with Gasteiger partial charge in [0.15, 0.2) is 11.0 Å². The number of carbonyl (C=O) groups excluding carboxylic acids is 2. The Balaban J connectivity index is 1.70. The molecule has 0 aliphatic rings. The van der Waals surface area contributed by atoms with Crippen molar-refractivity contribution in [2.45, 2.75) is 31.2 Å². The van der Waals surface area contributed by atoms with Crippen LogP contribution in [0, 0.1) is 0 Å². The second kappa shape index (κ2) is 13.6. The van der Waals surface area contributed by atoms with Crippen molar-refractivity contribution in [3.8, 4) is 0 Å². The third-order valence-corrected chi connectivity index (χ3v) is 7.95. The van der Waals surface area contributed by atoms with Gasteiger partial charge in [0.05, 0.1) is 21.8 Å². The molecule has 16 heteroatoms. The number of nitrogens with two attached hydrogens (primary N) is 2. The average molecular weight is 615 g/mol. The number of guanidine groups is 1. The molecule has 3 aromatic rings. The number of Topliss-reactive ketones (excluding diaryl/α,β-unsaturated/α-hetero) is 1. The van der Waals surface area contributed by atoms with Crippen LogP contribution in [0.4, 0.5) is 5.69 Å². The van der Waals surface area contributed by atoms with Gasteiger partial charge in [-0.1, -0.05) is 29.3 Å². The number of carbonyl (C=O) groups is 2. The van der Waals surface area contributed by atoms with Gasteiger partial charge >= 0.3 is 0 Å². The zero-order valence-corrected chi connectivity index (χ0v) is 23.5. The number of nitrogens with zero attached hydrogens (tertiary/aromatic N) is 3. The van der Waals surface area contributed by atoms with Gasteiger partial charge in [-0.05, 0) is 42.7 Å². The molecule has 3 rings (SSSR count). The highest BCUT2D eigenvalue weighted by Gasteiger charge is 2.24. The Kier molecular flexibility index (Phi) is 10.5. The topological polar surface area (TPSA) is 192 Å². The van der Waals surface area contributed by atoms with Crippen molar-refractivity contribution in [3.05, 3.63) is 79.1 Å². The highest BCUT2D eigenvalue weighted by atomic mass is 35.5. The smallest absolute Gasteiger partial charge is 0.275 e. The molecule has 0 unspecified atom stereocenters. The lowest BCUT2D eigenvalue weighted by Crippen LogP contribution is -2.43. The number of ketones is 1. The fourth-order valence-corrected chi connectivity index (χ4v) is 5.59. The van der Waals surface area contributed by atoms with Gasteiger partial charge in [0.25, 0.3) is 5.56 Å². The molecular weight excluding hydrogens is 589 g/mol. The minimum atomic E-state index is -4.00. The Bertz CT molecular complexity index is 1520. The van der Waals surface area contributed by atoms with Crippen LogP contribution in [-0.4, -0.2) is 48.2 Å². The molecule has 2 heterocycles. The number of amides is 1. The monoisotopic (exact) mass is 613 g/mol. The first-order valence-corrected chi connectivity index (χ1v) is 14.7. The zero-order chi connectivity index (χ0) is 28.6. The maximum atomic E-state index is 12.9. The van der Waals surface area contributed by atoms with Crippen LogP contribution in [0.5, 0.6) is 0 Å². The van der Waals surface area contributed by atoms with Crippen molar-refractivity contribution in [2.75, 3.05) is 11.3 Å². The molecule has 12 nitrogen and oxygen atoms in total. The van der Waals surface area contributed by atoms with Crippen molar-refractivity contribution < 1.29 is 18.0 Å². The number of anilines is 1. The molecule has 0 saturated heterocycles. The van der Waals surface area contributed by atoms with Gasteiger partial charge in [-0.2, -0.15) is 0 Å². The number of hydrogen-bond acceptors (Lipinski definition) is 8. The standard InChI is InChI=1S/C23H25Cl2N7O5S2/c24-15-6-5-14(11-16(15)25)13-39(36,37)31-18-4-2-9-32(22(18)35)12-19(33)30-17(3-1-7-29-23(26)27)20(34)21-28-8-10-38-21/h2,4-6,8-11,17,31H,1,3,7,12-13H2,(H,30,33)(H4,26,27,29)/t17-/m0/s1. The summed E-state index contributed by atoms with van der Waals surface area (Å²) < 4.78 is 28.6. The fraction of sp³-hybridized carbons (Fsp3) is 0.261. The van der Waals surface area contributed by atoms with Gasteiger partial charge in [0.1, 0.15) is 12.2 Å². The number of pyridine rings is 1. The number of halogens is 2. The molecule has 208 valence electrons. The highest BCUT2D eigenvalue weighted by Crippen LogP contribution is 2.23. The number of rotatable bonds is 13. The van der Waals surface area contributed by atoms with Crippen LogP contribution < -0.4 is 27.1 Å². The van der Waals surface area contributed by atoms with Crippen LogP contribution in [0.25, 0.3) is 0 Å². The van der Waals surface area contributed by atoms with E-state index >= 15 is 0 Å². The number of sulfonamides is 1. The van der Waals surface area contributed by atoms with E-state index < -0.39 is 39.8 Å². The van der Waals surface area contributed by atoms with Gasteiger partial charge in [-0.3, -0.25) is 24.1 Å². The van der Waals surface area contributed by atoms with E-state index in [1.807, 2.05) is 0 Å². The largest absolute Gasteiger partial charge is 0.370 e. The summed E-state index contributed by atoms with van der Waals surface area (Å²) in [5.74, 6) is -1.57. The molecule has 0 spiro atoms. The quantitative estimate of drug-likeness (QED) is 0.0972. The number of aromatic nitrogens is 2. The first-order valence-electron chi connectivity index (χ1n) is 11.4. The molecule has 0 bridgehead atoms. The Morgan fingerprint density at radius 1 is 1.18 bits per heavy atom. The number of aliphatic imine (C=N–C) groups is 1. The Hall–Kier alpha value is -3.46. The Labute approximate surface area is 238 Å². The molecule has 1 aromatic carbocycles. The fourth-order valence-electron chi connectivity index (χ4n) is 3.45. The van der Waals surface area contributed by atoms with E-state index in [9.17, 15) is 22.8 Å². The van der Waals surface area contributed by atoms with Crippen molar-refractivity contribution in [3.63, 3.8) is 0 Å². The van der Waals surface area contributed by atoms with E-state index in [0.29, 0.717) is 12.0 Å². The predicted molar refractivity (Wildman–Crippen MR) is 152 cm³/mol. The molecule has 1 atom stereocenters. The zero-order valence-electron chi connectivity index (χ0n) is 20.3. The van der Waals surface area contributed by atoms with Crippen LogP contribution in [-0.2, 0) is 27.1 Å². The van der Waals surface area contributed by atoms with E-state index in [4.69, 9.17) is 34.7 Å². The minimum absolute atomic E-state index is 0.0892. The summed E-state index contributed by atoms with van der Waals surface area (Å²) in [7, 11) is -4.00. The lowest BCUT2D eigenvalue weighted by Gasteiger charge is -2.17. The molecule has 0 aliphatic carbocycles. The molecular formula is C23H25Cl2N7O5S2. The van der Waals surface area contributed by atoms with Gasteiger partial charge in [0, 0.05) is 24.3 Å². The highest BCUT2D eigenvalue weighted by molar-refractivity contribution is 7.91. The number of thiazole rings is 1. The minimum Gasteiger partial charge on any atom is -0.370 e. The van der Waals surface area contributed by atoms with E-state index in [-0.39, 0.29) is 45.4 Å². The summed E-state index contributed by atoms with van der Waals surface area (Å²) in [4.78, 5) is 46.5. The second-order valence-electron chi connectivity index (χ2n) is 8.23. The van der Waals surface area contributed by atoms with Gasteiger partial charge in [0.2, 0.25) is 21.7 Å². The van der Waals surface area contributed by atoms with Crippen LogP contribution in [0.15, 0.2) is 57.9 Å². The summed E-state index contributed by atoms with van der Waals surface area (Å²) in [6.07, 6.45) is 3.43. The summed E-state index contributed by atoms with van der Waals surface area (Å²) in [6.45, 7) is -0.208. The van der Waals surface area contributed by atoms with Gasteiger partial charge in [-0.25, -0.2) is 13.4 Å². The maximum absolute atomic E-state index is 12.9.